The minimum atomic E-state index is -0.288. The van der Waals surface area contributed by atoms with E-state index in [1.165, 1.54) is 17.4 Å². The SMILES string of the molecule is Cc1nc(-c2ccc(Cl)cc2)sc1-c1cc(=O)[nH]c(SCC(=O)NCc2ccco2)n1. The molecule has 0 aliphatic heterocycles. The second kappa shape index (κ2) is 9.51. The summed E-state index contributed by atoms with van der Waals surface area (Å²) in [5, 5.41) is 4.61. The molecule has 3 heterocycles. The van der Waals surface area contributed by atoms with Crippen molar-refractivity contribution in [3.63, 3.8) is 0 Å². The molecule has 3 aromatic heterocycles. The van der Waals surface area contributed by atoms with Gasteiger partial charge >= 0.3 is 0 Å². The largest absolute Gasteiger partial charge is 0.467 e. The third kappa shape index (κ3) is 5.43. The van der Waals surface area contributed by atoms with Crippen molar-refractivity contribution in [2.45, 2.75) is 18.6 Å². The number of hydrogen-bond donors (Lipinski definition) is 2. The number of hydrogen-bond acceptors (Lipinski definition) is 7. The standard InChI is InChI=1S/C21H17ClN4O3S2/c1-12-19(31-20(24-12)13-4-6-14(22)7-5-13)16-9-17(27)26-21(25-16)30-11-18(28)23-10-15-3-2-8-29-15/h2-9H,10-11H2,1H3,(H,23,28)(H,25,26,27). The fourth-order valence-corrected chi connectivity index (χ4v) is 4.62. The van der Waals surface area contributed by atoms with E-state index in [9.17, 15) is 9.59 Å². The Hall–Kier alpha value is -2.88. The van der Waals surface area contributed by atoms with Crippen LogP contribution in [0.3, 0.4) is 0 Å². The summed E-state index contributed by atoms with van der Waals surface area (Å²) in [7, 11) is 0. The van der Waals surface area contributed by atoms with Crippen molar-refractivity contribution in [1.82, 2.24) is 20.3 Å². The molecule has 1 aromatic carbocycles. The van der Waals surface area contributed by atoms with E-state index in [1.54, 1.807) is 18.4 Å². The molecule has 0 aliphatic rings. The molecule has 0 aliphatic carbocycles. The van der Waals surface area contributed by atoms with Crippen LogP contribution in [0.1, 0.15) is 11.5 Å². The molecule has 0 spiro atoms. The summed E-state index contributed by atoms with van der Waals surface area (Å²) in [6.45, 7) is 2.19. The lowest BCUT2D eigenvalue weighted by atomic mass is 10.2. The average molecular weight is 473 g/mol. The van der Waals surface area contributed by atoms with E-state index in [0.717, 1.165) is 32.9 Å². The monoisotopic (exact) mass is 472 g/mol. The molecule has 7 nitrogen and oxygen atoms in total. The third-order valence-electron chi connectivity index (χ3n) is 4.22. The Bertz CT molecular complexity index is 1250. The number of amides is 1. The Morgan fingerprint density at radius 3 is 2.81 bits per heavy atom. The summed E-state index contributed by atoms with van der Waals surface area (Å²) in [6.07, 6.45) is 1.55. The Morgan fingerprint density at radius 2 is 2.06 bits per heavy atom. The van der Waals surface area contributed by atoms with Gasteiger partial charge in [0, 0.05) is 16.7 Å². The van der Waals surface area contributed by atoms with Gasteiger partial charge in [-0.15, -0.1) is 11.3 Å². The first-order valence-electron chi connectivity index (χ1n) is 9.25. The van der Waals surface area contributed by atoms with E-state index in [2.05, 4.69) is 20.3 Å². The number of nitrogens with zero attached hydrogens (tertiary/aromatic N) is 2. The molecule has 0 fully saturated rings. The van der Waals surface area contributed by atoms with Crippen LogP contribution < -0.4 is 10.9 Å². The van der Waals surface area contributed by atoms with Gasteiger partial charge in [0.05, 0.1) is 34.8 Å². The molecule has 2 N–H and O–H groups in total. The van der Waals surface area contributed by atoms with Crippen molar-refractivity contribution in [3.8, 4) is 21.1 Å². The number of nitrogens with one attached hydrogen (secondary N) is 2. The van der Waals surface area contributed by atoms with Crippen LogP contribution in [-0.4, -0.2) is 26.6 Å². The maximum atomic E-state index is 12.2. The van der Waals surface area contributed by atoms with Gasteiger partial charge in [0.2, 0.25) is 5.91 Å². The highest BCUT2D eigenvalue weighted by molar-refractivity contribution is 7.99. The number of thiazole rings is 1. The number of H-pyrrole nitrogens is 1. The maximum Gasteiger partial charge on any atom is 0.252 e. The van der Waals surface area contributed by atoms with Gasteiger partial charge < -0.3 is 14.7 Å². The summed E-state index contributed by atoms with van der Waals surface area (Å²) in [5.41, 5.74) is 1.96. The number of carbonyl (C=O) groups is 1. The highest BCUT2D eigenvalue weighted by Crippen LogP contribution is 2.34. The summed E-state index contributed by atoms with van der Waals surface area (Å²) < 4.78 is 5.19. The predicted octanol–water partition coefficient (Wildman–Crippen LogP) is 4.52. The topological polar surface area (TPSA) is 101 Å². The Labute approximate surface area is 190 Å². The number of aryl methyl sites for hydroxylation is 1. The molecule has 0 saturated heterocycles. The quantitative estimate of drug-likeness (QED) is 0.303. The smallest absolute Gasteiger partial charge is 0.252 e. The lowest BCUT2D eigenvalue weighted by Crippen LogP contribution is -2.24. The van der Waals surface area contributed by atoms with Gasteiger partial charge in [-0.2, -0.15) is 0 Å². The van der Waals surface area contributed by atoms with Gasteiger partial charge in [0.25, 0.3) is 5.56 Å². The molecule has 158 valence electrons. The van der Waals surface area contributed by atoms with Gasteiger partial charge in [-0.1, -0.05) is 35.5 Å². The van der Waals surface area contributed by atoms with Gasteiger partial charge in [-0.05, 0) is 31.2 Å². The fourth-order valence-electron chi connectivity index (χ4n) is 2.75. The Balaban J connectivity index is 1.48. The first-order chi connectivity index (χ1) is 15.0. The molecule has 31 heavy (non-hydrogen) atoms. The van der Waals surface area contributed by atoms with Crippen LogP contribution in [0.15, 0.2) is 63.1 Å². The number of halogens is 1. The molecular weight excluding hydrogens is 456 g/mol. The van der Waals surface area contributed by atoms with Crippen molar-refractivity contribution < 1.29 is 9.21 Å². The number of thioether (sulfide) groups is 1. The maximum absolute atomic E-state index is 12.2. The number of benzene rings is 1. The van der Waals surface area contributed by atoms with Crippen molar-refractivity contribution in [3.05, 3.63) is 75.6 Å². The summed E-state index contributed by atoms with van der Waals surface area (Å²) in [6, 6.07) is 12.4. The van der Waals surface area contributed by atoms with Crippen LogP contribution in [0.5, 0.6) is 0 Å². The van der Waals surface area contributed by atoms with Gasteiger partial charge in [-0.3, -0.25) is 9.59 Å². The minimum Gasteiger partial charge on any atom is -0.467 e. The lowest BCUT2D eigenvalue weighted by molar-refractivity contribution is -0.118. The number of aromatic amines is 1. The number of aromatic nitrogens is 3. The molecule has 4 rings (SSSR count). The van der Waals surface area contributed by atoms with Gasteiger partial charge in [-0.25, -0.2) is 9.97 Å². The molecular formula is C21H17ClN4O3S2. The molecule has 4 aromatic rings. The van der Waals surface area contributed by atoms with Crippen LogP contribution >= 0.6 is 34.7 Å². The molecule has 0 saturated carbocycles. The summed E-state index contributed by atoms with van der Waals surface area (Å²) in [4.78, 5) is 36.9. The first-order valence-corrected chi connectivity index (χ1v) is 11.4. The molecule has 0 atom stereocenters. The van der Waals surface area contributed by atoms with Crippen molar-refractivity contribution in [2.24, 2.45) is 0 Å². The van der Waals surface area contributed by atoms with Gasteiger partial charge in [0.15, 0.2) is 5.16 Å². The predicted molar refractivity (Wildman–Crippen MR) is 122 cm³/mol. The van der Waals surface area contributed by atoms with Crippen LogP contribution in [-0.2, 0) is 11.3 Å². The number of furan rings is 1. The highest BCUT2D eigenvalue weighted by Gasteiger charge is 2.15. The van der Waals surface area contributed by atoms with Crippen LogP contribution in [0.2, 0.25) is 5.02 Å². The van der Waals surface area contributed by atoms with Crippen molar-refractivity contribution in [2.75, 3.05) is 5.75 Å². The second-order valence-corrected chi connectivity index (χ2v) is 8.92. The number of rotatable bonds is 7. The second-order valence-electron chi connectivity index (χ2n) is 6.52. The van der Waals surface area contributed by atoms with Crippen molar-refractivity contribution in [1.29, 1.82) is 0 Å². The fraction of sp³-hybridized carbons (Fsp3) is 0.143. The zero-order valence-electron chi connectivity index (χ0n) is 16.3. The molecule has 0 bridgehead atoms. The summed E-state index contributed by atoms with van der Waals surface area (Å²) in [5.74, 6) is 0.600. The minimum absolute atomic E-state index is 0.116. The zero-order chi connectivity index (χ0) is 21.8. The van der Waals surface area contributed by atoms with Crippen molar-refractivity contribution >= 4 is 40.6 Å². The Kier molecular flexibility index (Phi) is 6.55. The Morgan fingerprint density at radius 1 is 1.26 bits per heavy atom. The lowest BCUT2D eigenvalue weighted by Gasteiger charge is -2.04. The average Bonchev–Trinajstić information content (AvgIpc) is 3.40. The van der Waals surface area contributed by atoms with E-state index < -0.39 is 0 Å². The summed E-state index contributed by atoms with van der Waals surface area (Å²) >= 11 is 8.57. The van der Waals surface area contributed by atoms with E-state index in [1.807, 2.05) is 31.2 Å². The number of carbonyl (C=O) groups excluding carboxylic acids is 1. The normalized spacial score (nSPS) is 10.9. The molecule has 10 heteroatoms. The van der Waals surface area contributed by atoms with Crippen LogP contribution in [0.4, 0.5) is 0 Å². The van der Waals surface area contributed by atoms with Crippen LogP contribution in [0, 0.1) is 6.92 Å². The van der Waals surface area contributed by atoms with Gasteiger partial charge in [0.1, 0.15) is 10.8 Å². The van der Waals surface area contributed by atoms with E-state index >= 15 is 0 Å². The van der Waals surface area contributed by atoms with E-state index in [4.69, 9.17) is 16.0 Å². The first kappa shape index (κ1) is 21.4. The zero-order valence-corrected chi connectivity index (χ0v) is 18.7. The van der Waals surface area contributed by atoms with E-state index in [-0.39, 0.29) is 17.2 Å². The van der Waals surface area contributed by atoms with Crippen LogP contribution in [0.25, 0.3) is 21.1 Å². The molecule has 0 radical (unpaired) electrons. The molecule has 0 unspecified atom stereocenters. The molecule has 1 amide bonds. The third-order valence-corrected chi connectivity index (χ3v) is 6.57. The highest BCUT2D eigenvalue weighted by atomic mass is 35.5. The van der Waals surface area contributed by atoms with E-state index in [0.29, 0.717) is 28.2 Å².